The first kappa shape index (κ1) is 14.5. The van der Waals surface area contributed by atoms with Crippen LogP contribution in [0.1, 0.15) is 18.4 Å². The van der Waals surface area contributed by atoms with Crippen LogP contribution in [0.4, 0.5) is 5.69 Å². The summed E-state index contributed by atoms with van der Waals surface area (Å²) in [7, 11) is 1.60. The van der Waals surface area contributed by atoms with E-state index < -0.39 is 0 Å². The van der Waals surface area contributed by atoms with Crippen LogP contribution in [-0.4, -0.2) is 38.9 Å². The molecule has 0 bridgehead atoms. The molecule has 1 fully saturated rings. The van der Waals surface area contributed by atoms with E-state index in [-0.39, 0.29) is 12.0 Å². The molecule has 0 aromatic heterocycles. The van der Waals surface area contributed by atoms with Crippen LogP contribution < -0.4 is 4.90 Å². The van der Waals surface area contributed by atoms with Gasteiger partial charge in [0.25, 0.3) is 5.91 Å². The Morgan fingerprint density at radius 1 is 1.50 bits per heavy atom. The second-order valence-corrected chi connectivity index (χ2v) is 4.64. The Hall–Kier alpha value is -1.90. The first-order valence-corrected chi connectivity index (χ1v) is 6.68. The number of nitrogens with zero attached hydrogens (tertiary/aromatic N) is 2. The summed E-state index contributed by atoms with van der Waals surface area (Å²) in [5.74, 6) is -0.0377. The van der Waals surface area contributed by atoms with Gasteiger partial charge in [-0.2, -0.15) is 5.26 Å². The van der Waals surface area contributed by atoms with E-state index in [1.165, 1.54) is 0 Å². The van der Waals surface area contributed by atoms with Crippen LogP contribution in [0.25, 0.3) is 0 Å². The summed E-state index contributed by atoms with van der Waals surface area (Å²) in [6.45, 7) is 1.57. The molecule has 1 aromatic rings. The summed E-state index contributed by atoms with van der Waals surface area (Å²) in [6.07, 6.45) is 1.32. The maximum absolute atomic E-state index is 12.5. The fourth-order valence-corrected chi connectivity index (χ4v) is 2.21. The lowest BCUT2D eigenvalue weighted by molar-refractivity contribution is -0.127. The standard InChI is InChI=1S/C15H18N2O3/c1-19-10-8-17(15(18)14-3-2-9-20-14)13-6-4-12(11-16)5-7-13/h4-7,14H,2-3,8-10H2,1H3/t14-/m0/s1. The number of hydrogen-bond donors (Lipinski definition) is 0. The second kappa shape index (κ2) is 7.04. The minimum Gasteiger partial charge on any atom is -0.383 e. The summed E-state index contributed by atoms with van der Waals surface area (Å²) in [4.78, 5) is 14.2. The van der Waals surface area contributed by atoms with Crippen molar-refractivity contribution in [3.8, 4) is 6.07 Å². The van der Waals surface area contributed by atoms with Crippen LogP contribution >= 0.6 is 0 Å². The lowest BCUT2D eigenvalue weighted by Crippen LogP contribution is -2.41. The molecular formula is C15H18N2O3. The molecule has 20 heavy (non-hydrogen) atoms. The number of anilines is 1. The number of carbonyl (C=O) groups is 1. The summed E-state index contributed by atoms with van der Waals surface area (Å²) in [6, 6.07) is 9.04. The normalized spacial score (nSPS) is 17.7. The zero-order chi connectivity index (χ0) is 14.4. The van der Waals surface area contributed by atoms with Crippen molar-refractivity contribution in [2.75, 3.05) is 31.8 Å². The Bertz CT molecular complexity index is 487. The van der Waals surface area contributed by atoms with Gasteiger partial charge in [-0.3, -0.25) is 4.79 Å². The molecule has 1 amide bonds. The number of methoxy groups -OCH3 is 1. The van der Waals surface area contributed by atoms with Crippen molar-refractivity contribution >= 4 is 11.6 Å². The molecule has 1 aliphatic rings. The minimum atomic E-state index is -0.359. The minimum absolute atomic E-state index is 0.0377. The van der Waals surface area contributed by atoms with Crippen LogP contribution in [0.2, 0.25) is 0 Å². The van der Waals surface area contributed by atoms with E-state index >= 15 is 0 Å². The number of ether oxygens (including phenoxy) is 2. The highest BCUT2D eigenvalue weighted by Gasteiger charge is 2.28. The van der Waals surface area contributed by atoms with E-state index in [9.17, 15) is 4.79 Å². The van der Waals surface area contributed by atoms with Gasteiger partial charge in [-0.05, 0) is 37.1 Å². The molecule has 0 saturated carbocycles. The third kappa shape index (κ3) is 3.35. The molecule has 0 spiro atoms. The first-order chi connectivity index (χ1) is 9.76. The molecule has 5 heteroatoms. The molecule has 5 nitrogen and oxygen atoms in total. The van der Waals surface area contributed by atoms with Gasteiger partial charge in [-0.15, -0.1) is 0 Å². The smallest absolute Gasteiger partial charge is 0.256 e. The highest BCUT2D eigenvalue weighted by molar-refractivity contribution is 5.96. The Balaban J connectivity index is 2.16. The summed E-state index contributed by atoms with van der Waals surface area (Å²) in [5.41, 5.74) is 1.34. The van der Waals surface area contributed by atoms with Crippen molar-refractivity contribution in [1.29, 1.82) is 5.26 Å². The van der Waals surface area contributed by atoms with E-state index in [1.807, 2.05) is 0 Å². The van der Waals surface area contributed by atoms with E-state index in [1.54, 1.807) is 36.3 Å². The fourth-order valence-electron chi connectivity index (χ4n) is 2.21. The SMILES string of the molecule is COCCN(C(=O)[C@@H]1CCCO1)c1ccc(C#N)cc1. The van der Waals surface area contributed by atoms with Crippen molar-refractivity contribution in [3.63, 3.8) is 0 Å². The quantitative estimate of drug-likeness (QED) is 0.820. The predicted molar refractivity (Wildman–Crippen MR) is 74.4 cm³/mol. The molecule has 0 aliphatic carbocycles. The molecule has 0 radical (unpaired) electrons. The molecule has 0 unspecified atom stereocenters. The fraction of sp³-hybridized carbons (Fsp3) is 0.467. The van der Waals surface area contributed by atoms with Crippen LogP contribution in [0.15, 0.2) is 24.3 Å². The Morgan fingerprint density at radius 2 is 2.25 bits per heavy atom. The van der Waals surface area contributed by atoms with Gasteiger partial charge in [0.1, 0.15) is 6.10 Å². The van der Waals surface area contributed by atoms with E-state index in [4.69, 9.17) is 14.7 Å². The zero-order valence-electron chi connectivity index (χ0n) is 11.5. The molecule has 1 aromatic carbocycles. The lowest BCUT2D eigenvalue weighted by Gasteiger charge is -2.25. The molecule has 106 valence electrons. The highest BCUT2D eigenvalue weighted by atomic mass is 16.5. The average Bonchev–Trinajstić information content (AvgIpc) is 3.02. The number of hydrogen-bond acceptors (Lipinski definition) is 4. The number of carbonyl (C=O) groups excluding carboxylic acids is 1. The van der Waals surface area contributed by atoms with Crippen LogP contribution in [0.5, 0.6) is 0 Å². The van der Waals surface area contributed by atoms with Crippen molar-refractivity contribution in [3.05, 3.63) is 29.8 Å². The molecule has 2 rings (SSSR count). The summed E-state index contributed by atoms with van der Waals surface area (Å²) in [5, 5.41) is 8.82. The maximum Gasteiger partial charge on any atom is 0.256 e. The van der Waals surface area contributed by atoms with Crippen LogP contribution in [0, 0.1) is 11.3 Å². The van der Waals surface area contributed by atoms with Gasteiger partial charge in [0, 0.05) is 25.9 Å². The van der Waals surface area contributed by atoms with Crippen molar-refractivity contribution < 1.29 is 14.3 Å². The number of benzene rings is 1. The summed E-state index contributed by atoms with van der Waals surface area (Å²) < 4.78 is 10.5. The van der Waals surface area contributed by atoms with Gasteiger partial charge in [0.15, 0.2) is 0 Å². The van der Waals surface area contributed by atoms with Gasteiger partial charge in [0.05, 0.1) is 18.2 Å². The van der Waals surface area contributed by atoms with Crippen molar-refractivity contribution in [1.82, 2.24) is 0 Å². The molecule has 0 N–H and O–H groups in total. The topological polar surface area (TPSA) is 62.6 Å². The van der Waals surface area contributed by atoms with E-state index in [0.717, 1.165) is 18.5 Å². The van der Waals surface area contributed by atoms with Gasteiger partial charge < -0.3 is 14.4 Å². The highest BCUT2D eigenvalue weighted by Crippen LogP contribution is 2.21. The Morgan fingerprint density at radius 3 is 2.80 bits per heavy atom. The molecule has 1 aliphatic heterocycles. The molecular weight excluding hydrogens is 256 g/mol. The zero-order valence-corrected chi connectivity index (χ0v) is 11.5. The average molecular weight is 274 g/mol. The number of nitriles is 1. The van der Waals surface area contributed by atoms with E-state index in [2.05, 4.69) is 6.07 Å². The van der Waals surface area contributed by atoms with Gasteiger partial charge in [0.2, 0.25) is 0 Å². The largest absolute Gasteiger partial charge is 0.383 e. The number of rotatable bonds is 5. The van der Waals surface area contributed by atoms with Crippen LogP contribution in [-0.2, 0) is 14.3 Å². The monoisotopic (exact) mass is 274 g/mol. The number of amides is 1. The Kier molecular flexibility index (Phi) is 5.10. The van der Waals surface area contributed by atoms with Gasteiger partial charge in [-0.25, -0.2) is 0 Å². The predicted octanol–water partition coefficient (Wildman–Crippen LogP) is 1.72. The molecule has 1 heterocycles. The molecule has 1 saturated heterocycles. The van der Waals surface area contributed by atoms with Crippen molar-refractivity contribution in [2.45, 2.75) is 18.9 Å². The van der Waals surface area contributed by atoms with Gasteiger partial charge >= 0.3 is 0 Å². The van der Waals surface area contributed by atoms with Gasteiger partial charge in [-0.1, -0.05) is 0 Å². The molecule has 1 atom stereocenters. The first-order valence-electron chi connectivity index (χ1n) is 6.68. The summed E-state index contributed by atoms with van der Waals surface area (Å²) >= 11 is 0. The lowest BCUT2D eigenvalue weighted by atomic mass is 10.1. The van der Waals surface area contributed by atoms with Crippen molar-refractivity contribution in [2.24, 2.45) is 0 Å². The van der Waals surface area contributed by atoms with E-state index in [0.29, 0.717) is 25.3 Å². The third-order valence-corrected chi connectivity index (χ3v) is 3.30. The maximum atomic E-state index is 12.5. The Labute approximate surface area is 118 Å². The second-order valence-electron chi connectivity index (χ2n) is 4.64. The van der Waals surface area contributed by atoms with Crippen LogP contribution in [0.3, 0.4) is 0 Å². The third-order valence-electron chi connectivity index (χ3n) is 3.30.